The highest BCUT2D eigenvalue weighted by Gasteiger charge is 2.17. The lowest BCUT2D eigenvalue weighted by Gasteiger charge is -2.09. The number of rotatable bonds is 4. The Morgan fingerprint density at radius 1 is 1.29 bits per heavy atom. The van der Waals surface area contributed by atoms with Crippen LogP contribution in [0.1, 0.15) is 42.6 Å². The molecule has 21 heavy (non-hydrogen) atoms. The van der Waals surface area contributed by atoms with Gasteiger partial charge in [0.05, 0.1) is 5.52 Å². The molecule has 5 nitrogen and oxygen atoms in total. The van der Waals surface area contributed by atoms with Gasteiger partial charge in [0.15, 0.2) is 5.69 Å². The highest BCUT2D eigenvalue weighted by Crippen LogP contribution is 2.26. The Labute approximate surface area is 122 Å². The summed E-state index contributed by atoms with van der Waals surface area (Å²) in [4.78, 5) is 24.3. The molecule has 1 aliphatic carbocycles. The maximum atomic E-state index is 12.2. The number of para-hydroxylation sites is 1. The van der Waals surface area contributed by atoms with E-state index >= 15 is 0 Å². The summed E-state index contributed by atoms with van der Waals surface area (Å²) < 4.78 is 0. The molecule has 1 saturated carbocycles. The van der Waals surface area contributed by atoms with Gasteiger partial charge in [-0.05, 0) is 24.5 Å². The minimum Gasteiger partial charge on any atom is -0.351 e. The van der Waals surface area contributed by atoms with Crippen LogP contribution in [0.2, 0.25) is 0 Å². The molecule has 0 aliphatic heterocycles. The van der Waals surface area contributed by atoms with Gasteiger partial charge in [-0.3, -0.25) is 14.7 Å². The predicted molar refractivity (Wildman–Crippen MR) is 81.3 cm³/mol. The number of benzene rings is 1. The van der Waals surface area contributed by atoms with Gasteiger partial charge in [-0.1, -0.05) is 37.8 Å². The van der Waals surface area contributed by atoms with Gasteiger partial charge >= 0.3 is 0 Å². The van der Waals surface area contributed by atoms with Gasteiger partial charge < -0.3 is 5.32 Å². The molecule has 0 saturated heterocycles. The number of hydrogen-bond acceptors (Lipinski definition) is 3. The lowest BCUT2D eigenvalue weighted by atomic mass is 10.0. The summed E-state index contributed by atoms with van der Waals surface area (Å²) in [5.74, 6) is 0.327. The molecule has 0 bridgehead atoms. The van der Waals surface area contributed by atoms with Crippen LogP contribution in [0, 0.1) is 5.92 Å². The molecule has 2 N–H and O–H groups in total. The summed E-state index contributed by atoms with van der Waals surface area (Å²) in [6.07, 6.45) is 6.08. The Bertz CT molecular complexity index is 702. The van der Waals surface area contributed by atoms with Gasteiger partial charge in [0, 0.05) is 11.9 Å². The summed E-state index contributed by atoms with van der Waals surface area (Å²) in [6, 6.07) is 7.07. The smallest absolute Gasteiger partial charge is 0.275 e. The Hall–Kier alpha value is -2.17. The van der Waals surface area contributed by atoms with Crippen LogP contribution in [-0.4, -0.2) is 22.6 Å². The lowest BCUT2D eigenvalue weighted by Crippen LogP contribution is -2.31. The molecule has 1 heterocycles. The monoisotopic (exact) mass is 285 g/mol. The second-order valence-electron chi connectivity index (χ2n) is 5.64. The van der Waals surface area contributed by atoms with Crippen LogP contribution in [0.5, 0.6) is 0 Å². The first-order valence-electron chi connectivity index (χ1n) is 7.51. The van der Waals surface area contributed by atoms with Crippen molar-refractivity contribution in [3.63, 3.8) is 0 Å². The SMILES string of the molecule is O=C(NCCC1CCCC1)c1n[nH]c2ccccc2c1=O. The number of carbonyl (C=O) groups is 1. The van der Waals surface area contributed by atoms with E-state index < -0.39 is 0 Å². The summed E-state index contributed by atoms with van der Waals surface area (Å²) in [5.41, 5.74) is 0.271. The molecule has 3 rings (SSSR count). The van der Waals surface area contributed by atoms with Crippen molar-refractivity contribution in [3.05, 3.63) is 40.2 Å². The van der Waals surface area contributed by atoms with E-state index in [1.54, 1.807) is 18.2 Å². The summed E-state index contributed by atoms with van der Waals surface area (Å²) in [7, 11) is 0. The maximum absolute atomic E-state index is 12.2. The van der Waals surface area contributed by atoms with Crippen molar-refractivity contribution in [2.24, 2.45) is 5.92 Å². The van der Waals surface area contributed by atoms with Crippen LogP contribution in [0.25, 0.3) is 10.9 Å². The molecule has 110 valence electrons. The van der Waals surface area contributed by atoms with E-state index in [1.165, 1.54) is 25.7 Å². The van der Waals surface area contributed by atoms with Crippen LogP contribution in [0.15, 0.2) is 29.1 Å². The highest BCUT2D eigenvalue weighted by molar-refractivity contribution is 5.95. The molecule has 0 unspecified atom stereocenters. The largest absolute Gasteiger partial charge is 0.351 e. The third-order valence-corrected chi connectivity index (χ3v) is 4.20. The Morgan fingerprint density at radius 3 is 2.86 bits per heavy atom. The van der Waals surface area contributed by atoms with Crippen LogP contribution >= 0.6 is 0 Å². The van der Waals surface area contributed by atoms with Crippen molar-refractivity contribution in [2.45, 2.75) is 32.1 Å². The molecular weight excluding hydrogens is 266 g/mol. The molecule has 1 aromatic carbocycles. The molecule has 1 aromatic heterocycles. The first-order chi connectivity index (χ1) is 10.3. The number of carbonyl (C=O) groups excluding carboxylic acids is 1. The zero-order valence-electron chi connectivity index (χ0n) is 11.9. The molecule has 0 spiro atoms. The summed E-state index contributed by atoms with van der Waals surface area (Å²) in [5, 5.41) is 9.97. The normalized spacial score (nSPS) is 15.4. The van der Waals surface area contributed by atoms with E-state index in [-0.39, 0.29) is 17.0 Å². The first-order valence-corrected chi connectivity index (χ1v) is 7.51. The van der Waals surface area contributed by atoms with Crippen molar-refractivity contribution >= 4 is 16.8 Å². The van der Waals surface area contributed by atoms with Crippen molar-refractivity contribution in [2.75, 3.05) is 6.54 Å². The topological polar surface area (TPSA) is 74.8 Å². The number of nitrogens with one attached hydrogen (secondary N) is 2. The maximum Gasteiger partial charge on any atom is 0.275 e. The molecule has 2 aromatic rings. The number of H-pyrrole nitrogens is 1. The van der Waals surface area contributed by atoms with Crippen molar-refractivity contribution in [3.8, 4) is 0 Å². The zero-order chi connectivity index (χ0) is 14.7. The minimum atomic E-state index is -0.389. The lowest BCUT2D eigenvalue weighted by molar-refractivity contribution is 0.0944. The molecule has 0 radical (unpaired) electrons. The van der Waals surface area contributed by atoms with Crippen LogP contribution in [0.4, 0.5) is 0 Å². The standard InChI is InChI=1S/C16H19N3O2/c20-15-12-7-3-4-8-13(12)18-19-14(15)16(21)17-10-9-11-5-1-2-6-11/h3-4,7-8,11H,1-2,5-6,9-10H2,(H,17,21)(H,18,20). The van der Waals surface area contributed by atoms with Gasteiger partial charge in [-0.25, -0.2) is 0 Å². The van der Waals surface area contributed by atoms with E-state index in [2.05, 4.69) is 15.5 Å². The first kappa shape index (κ1) is 13.8. The Kier molecular flexibility index (Phi) is 3.99. The predicted octanol–water partition coefficient (Wildman–Crippen LogP) is 2.23. The second-order valence-corrected chi connectivity index (χ2v) is 5.64. The third kappa shape index (κ3) is 2.96. The molecule has 1 amide bonds. The van der Waals surface area contributed by atoms with Crippen molar-refractivity contribution < 1.29 is 4.79 Å². The molecule has 1 fully saturated rings. The van der Waals surface area contributed by atoms with Gasteiger partial charge in [-0.15, -0.1) is 0 Å². The fourth-order valence-electron chi connectivity index (χ4n) is 3.00. The number of fused-ring (bicyclic) bond motifs is 1. The fraction of sp³-hybridized carbons (Fsp3) is 0.438. The number of amides is 1. The van der Waals surface area contributed by atoms with Gasteiger partial charge in [0.25, 0.3) is 5.91 Å². The molecule has 5 heteroatoms. The van der Waals surface area contributed by atoms with E-state index in [1.807, 2.05) is 6.07 Å². The van der Waals surface area contributed by atoms with E-state index in [4.69, 9.17) is 0 Å². The third-order valence-electron chi connectivity index (χ3n) is 4.20. The molecule has 0 atom stereocenters. The van der Waals surface area contributed by atoms with E-state index in [9.17, 15) is 9.59 Å². The number of nitrogens with zero attached hydrogens (tertiary/aromatic N) is 1. The van der Waals surface area contributed by atoms with Gasteiger partial charge in [0.1, 0.15) is 0 Å². The quantitative estimate of drug-likeness (QED) is 0.904. The van der Waals surface area contributed by atoms with Crippen LogP contribution in [-0.2, 0) is 0 Å². The number of aromatic nitrogens is 2. The Morgan fingerprint density at radius 2 is 2.05 bits per heavy atom. The summed E-state index contributed by atoms with van der Waals surface area (Å²) in [6.45, 7) is 0.609. The fourth-order valence-corrected chi connectivity index (χ4v) is 3.00. The van der Waals surface area contributed by atoms with Gasteiger partial charge in [0.2, 0.25) is 5.43 Å². The average Bonchev–Trinajstić information content (AvgIpc) is 3.01. The van der Waals surface area contributed by atoms with Crippen molar-refractivity contribution in [1.29, 1.82) is 0 Å². The van der Waals surface area contributed by atoms with E-state index in [0.717, 1.165) is 6.42 Å². The van der Waals surface area contributed by atoms with Crippen LogP contribution in [0.3, 0.4) is 0 Å². The highest BCUT2D eigenvalue weighted by atomic mass is 16.2. The summed E-state index contributed by atoms with van der Waals surface area (Å²) >= 11 is 0. The second kappa shape index (κ2) is 6.08. The van der Waals surface area contributed by atoms with Crippen molar-refractivity contribution in [1.82, 2.24) is 15.5 Å². The van der Waals surface area contributed by atoms with Crippen LogP contribution < -0.4 is 10.7 Å². The van der Waals surface area contributed by atoms with E-state index in [0.29, 0.717) is 23.4 Å². The molecular formula is C16H19N3O2. The average molecular weight is 285 g/mol. The zero-order valence-corrected chi connectivity index (χ0v) is 11.9. The molecule has 1 aliphatic rings. The van der Waals surface area contributed by atoms with Gasteiger partial charge in [-0.2, -0.15) is 5.10 Å². The number of hydrogen-bond donors (Lipinski definition) is 2. The Balaban J connectivity index is 1.69. The minimum absolute atomic E-state index is 0.0554. The number of aromatic amines is 1.